The van der Waals surface area contributed by atoms with Crippen molar-refractivity contribution in [2.75, 3.05) is 32.6 Å². The van der Waals surface area contributed by atoms with Crippen molar-refractivity contribution in [2.24, 2.45) is 12.5 Å². The first-order chi connectivity index (χ1) is 13.9. The highest BCUT2D eigenvalue weighted by atomic mass is 19.4. The summed E-state index contributed by atoms with van der Waals surface area (Å²) in [6, 6.07) is 3.08. The molecular formula is C20H26F3N5O2. The van der Waals surface area contributed by atoms with Crippen LogP contribution >= 0.6 is 0 Å². The Balaban J connectivity index is 1.93. The molecule has 1 aliphatic heterocycles. The van der Waals surface area contributed by atoms with Crippen molar-refractivity contribution in [2.45, 2.75) is 32.5 Å². The highest BCUT2D eigenvalue weighted by Gasteiger charge is 2.33. The van der Waals surface area contributed by atoms with Crippen molar-refractivity contribution in [1.29, 1.82) is 0 Å². The van der Waals surface area contributed by atoms with E-state index in [4.69, 9.17) is 4.74 Å². The molecule has 2 aromatic rings. The minimum absolute atomic E-state index is 0.0344. The summed E-state index contributed by atoms with van der Waals surface area (Å²) in [5, 5.41) is 11.3. The zero-order valence-corrected chi connectivity index (χ0v) is 17.7. The average molecular weight is 425 g/mol. The van der Waals surface area contributed by atoms with Gasteiger partial charge in [0.1, 0.15) is 5.75 Å². The lowest BCUT2D eigenvalue weighted by Crippen LogP contribution is -2.48. The molecule has 1 atom stereocenters. The Morgan fingerprint density at radius 3 is 2.53 bits per heavy atom. The van der Waals surface area contributed by atoms with Gasteiger partial charge in [-0.15, -0.1) is 10.2 Å². The molecule has 0 radical (unpaired) electrons. The molecule has 1 saturated heterocycles. The van der Waals surface area contributed by atoms with Crippen LogP contribution in [0.2, 0.25) is 0 Å². The standard InChI is InChI=1S/C20H26F3N5O2/c1-19(2)9-13(10-27(3)11-19)24-16-18(29)28(4)17(26-25-16)14-7-6-12(20(21,22)23)8-15(14)30-5/h6-8,13H,9-11H2,1-5H3,(H,24,25). The first-order valence-corrected chi connectivity index (χ1v) is 9.56. The molecule has 2 heterocycles. The number of benzene rings is 1. The van der Waals surface area contributed by atoms with Crippen molar-refractivity contribution in [3.8, 4) is 17.1 Å². The van der Waals surface area contributed by atoms with Crippen molar-refractivity contribution < 1.29 is 17.9 Å². The highest BCUT2D eigenvalue weighted by molar-refractivity contribution is 5.65. The van der Waals surface area contributed by atoms with Crippen molar-refractivity contribution >= 4 is 5.82 Å². The first kappa shape index (κ1) is 22.1. The zero-order valence-electron chi connectivity index (χ0n) is 17.7. The lowest BCUT2D eigenvalue weighted by Gasteiger charge is -2.41. The maximum Gasteiger partial charge on any atom is 0.416 e. The number of methoxy groups -OCH3 is 1. The molecule has 7 nitrogen and oxygen atoms in total. The molecule has 0 spiro atoms. The number of anilines is 1. The van der Waals surface area contributed by atoms with Gasteiger partial charge in [0, 0.05) is 26.2 Å². The van der Waals surface area contributed by atoms with Gasteiger partial charge in [-0.1, -0.05) is 13.8 Å². The number of hydrogen-bond donors (Lipinski definition) is 1. The van der Waals surface area contributed by atoms with Gasteiger partial charge in [0.2, 0.25) is 5.82 Å². The molecule has 1 N–H and O–H groups in total. The fraction of sp³-hybridized carbons (Fsp3) is 0.550. The molecule has 10 heteroatoms. The Kier molecular flexibility index (Phi) is 5.81. The summed E-state index contributed by atoms with van der Waals surface area (Å²) in [5.74, 6) is 0.200. The monoisotopic (exact) mass is 425 g/mol. The number of rotatable bonds is 4. The van der Waals surface area contributed by atoms with E-state index in [2.05, 4.69) is 34.3 Å². The van der Waals surface area contributed by atoms with E-state index in [1.54, 1.807) is 0 Å². The van der Waals surface area contributed by atoms with Crippen LogP contribution in [-0.4, -0.2) is 53.0 Å². The van der Waals surface area contributed by atoms with Gasteiger partial charge in [-0.3, -0.25) is 9.36 Å². The Labute approximate surface area is 172 Å². The van der Waals surface area contributed by atoms with Gasteiger partial charge < -0.3 is 15.0 Å². The van der Waals surface area contributed by atoms with E-state index in [-0.39, 0.29) is 34.4 Å². The largest absolute Gasteiger partial charge is 0.496 e. The Hall–Kier alpha value is -2.62. The highest BCUT2D eigenvalue weighted by Crippen LogP contribution is 2.36. The van der Waals surface area contributed by atoms with Gasteiger partial charge in [0.25, 0.3) is 5.56 Å². The molecule has 164 valence electrons. The molecular weight excluding hydrogens is 399 g/mol. The molecule has 1 unspecified atom stereocenters. The van der Waals surface area contributed by atoms with Crippen molar-refractivity contribution in [3.05, 3.63) is 34.1 Å². The summed E-state index contributed by atoms with van der Waals surface area (Å²) >= 11 is 0. The quantitative estimate of drug-likeness (QED) is 0.812. The summed E-state index contributed by atoms with van der Waals surface area (Å²) in [4.78, 5) is 15.1. The lowest BCUT2D eigenvalue weighted by atomic mass is 9.82. The van der Waals surface area contributed by atoms with Crippen LogP contribution in [0.5, 0.6) is 5.75 Å². The van der Waals surface area contributed by atoms with Crippen LogP contribution in [-0.2, 0) is 13.2 Å². The normalized spacial score (nSPS) is 19.5. The van der Waals surface area contributed by atoms with E-state index in [1.165, 1.54) is 24.8 Å². The van der Waals surface area contributed by atoms with Crippen LogP contribution in [0.25, 0.3) is 11.4 Å². The van der Waals surface area contributed by atoms with Crippen LogP contribution in [0, 0.1) is 5.41 Å². The van der Waals surface area contributed by atoms with Crippen LogP contribution in [0.15, 0.2) is 23.0 Å². The third-order valence-corrected chi connectivity index (χ3v) is 5.21. The number of aromatic nitrogens is 3. The lowest BCUT2D eigenvalue weighted by molar-refractivity contribution is -0.137. The van der Waals surface area contributed by atoms with E-state index < -0.39 is 17.3 Å². The van der Waals surface area contributed by atoms with Crippen molar-refractivity contribution in [3.63, 3.8) is 0 Å². The maximum absolute atomic E-state index is 13.0. The molecule has 1 aromatic heterocycles. The van der Waals surface area contributed by atoms with E-state index >= 15 is 0 Å². The van der Waals surface area contributed by atoms with Gasteiger partial charge in [0.05, 0.1) is 18.2 Å². The minimum atomic E-state index is -4.50. The van der Waals surface area contributed by atoms with Gasteiger partial charge in [0.15, 0.2) is 5.82 Å². The summed E-state index contributed by atoms with van der Waals surface area (Å²) in [6.45, 7) is 6.06. The van der Waals surface area contributed by atoms with E-state index in [0.29, 0.717) is 0 Å². The molecule has 1 aliphatic rings. The predicted molar refractivity (Wildman–Crippen MR) is 108 cm³/mol. The van der Waals surface area contributed by atoms with E-state index in [9.17, 15) is 18.0 Å². The molecule has 3 rings (SSSR count). The van der Waals surface area contributed by atoms with Crippen LogP contribution in [0.3, 0.4) is 0 Å². The Morgan fingerprint density at radius 1 is 1.23 bits per heavy atom. The molecule has 0 bridgehead atoms. The maximum atomic E-state index is 13.0. The third kappa shape index (κ3) is 4.58. The predicted octanol–water partition coefficient (Wildman–Crippen LogP) is 3.01. The van der Waals surface area contributed by atoms with E-state index in [1.807, 2.05) is 7.05 Å². The molecule has 0 amide bonds. The van der Waals surface area contributed by atoms with Gasteiger partial charge in [-0.05, 0) is 37.1 Å². The number of likely N-dealkylation sites (tertiary alicyclic amines) is 1. The number of nitrogens with one attached hydrogen (secondary N) is 1. The van der Waals surface area contributed by atoms with Crippen molar-refractivity contribution in [1.82, 2.24) is 19.7 Å². The number of likely N-dealkylation sites (N-methyl/N-ethyl adjacent to an activating group) is 1. The summed E-state index contributed by atoms with van der Waals surface area (Å²) in [6.07, 6.45) is -3.63. The second-order valence-electron chi connectivity index (χ2n) is 8.56. The SMILES string of the molecule is COc1cc(C(F)(F)F)ccc1-c1nnc(NC2CN(C)CC(C)(C)C2)c(=O)n1C. The topological polar surface area (TPSA) is 72.3 Å². The van der Waals surface area contributed by atoms with Gasteiger partial charge >= 0.3 is 6.18 Å². The van der Waals surface area contributed by atoms with Crippen LogP contribution in [0.4, 0.5) is 19.0 Å². The summed E-state index contributed by atoms with van der Waals surface area (Å²) < 4.78 is 45.3. The molecule has 1 aromatic carbocycles. The molecule has 0 aliphatic carbocycles. The molecule has 30 heavy (non-hydrogen) atoms. The van der Waals surface area contributed by atoms with Gasteiger partial charge in [-0.2, -0.15) is 13.2 Å². The fourth-order valence-electron chi connectivity index (χ4n) is 4.10. The zero-order chi connectivity index (χ0) is 22.3. The Bertz CT molecular complexity index is 987. The summed E-state index contributed by atoms with van der Waals surface area (Å²) in [7, 11) is 4.80. The number of ether oxygens (including phenoxy) is 1. The first-order valence-electron chi connectivity index (χ1n) is 9.56. The average Bonchev–Trinajstić information content (AvgIpc) is 2.63. The van der Waals surface area contributed by atoms with E-state index in [0.717, 1.165) is 31.6 Å². The number of alkyl halides is 3. The molecule has 0 saturated carbocycles. The van der Waals surface area contributed by atoms with Gasteiger partial charge in [-0.25, -0.2) is 0 Å². The Morgan fingerprint density at radius 2 is 1.93 bits per heavy atom. The third-order valence-electron chi connectivity index (χ3n) is 5.21. The smallest absolute Gasteiger partial charge is 0.416 e. The summed E-state index contributed by atoms with van der Waals surface area (Å²) in [5.41, 5.74) is -0.907. The number of nitrogens with zero attached hydrogens (tertiary/aromatic N) is 4. The molecule has 1 fully saturated rings. The number of hydrogen-bond acceptors (Lipinski definition) is 6. The number of halogens is 3. The fourth-order valence-corrected chi connectivity index (χ4v) is 4.10. The van der Waals surface area contributed by atoms with Crippen LogP contribution in [0.1, 0.15) is 25.8 Å². The number of piperidine rings is 1. The van der Waals surface area contributed by atoms with Crippen LogP contribution < -0.4 is 15.6 Å². The second kappa shape index (κ2) is 7.90. The minimum Gasteiger partial charge on any atom is -0.496 e. The second-order valence-corrected chi connectivity index (χ2v) is 8.56.